The molecule has 0 heteroatoms. The molecule has 0 bridgehead atoms. The Morgan fingerprint density at radius 1 is 0.818 bits per heavy atom. The normalized spacial score (nSPS) is 45.0. The van der Waals surface area contributed by atoms with Crippen molar-refractivity contribution in [3.63, 3.8) is 0 Å². The molecule has 0 spiro atoms. The molecule has 2 aliphatic rings. The molecule has 11 heavy (non-hydrogen) atoms. The molecule has 0 aromatic carbocycles. The lowest BCUT2D eigenvalue weighted by molar-refractivity contribution is 0.114. The number of hydrogen-bond donors (Lipinski definition) is 0. The summed E-state index contributed by atoms with van der Waals surface area (Å²) in [6.07, 6.45) is 10.7. The third-order valence-electron chi connectivity index (χ3n) is 3.93. The Bertz CT molecular complexity index is 126. The molecular formula is C11H20. The summed E-state index contributed by atoms with van der Waals surface area (Å²) in [5.74, 6) is 3.30. The fraction of sp³-hybridized carbons (Fsp3) is 1.00. The van der Waals surface area contributed by atoms with E-state index in [1.807, 2.05) is 0 Å². The van der Waals surface area contributed by atoms with E-state index in [0.717, 1.165) is 17.8 Å². The summed E-state index contributed by atoms with van der Waals surface area (Å²) in [6, 6.07) is 0. The van der Waals surface area contributed by atoms with E-state index < -0.39 is 0 Å². The van der Waals surface area contributed by atoms with Crippen LogP contribution in [0.4, 0.5) is 0 Å². The monoisotopic (exact) mass is 152 g/mol. The van der Waals surface area contributed by atoms with E-state index in [9.17, 15) is 0 Å². The van der Waals surface area contributed by atoms with Crippen LogP contribution in [0.2, 0.25) is 0 Å². The van der Waals surface area contributed by atoms with E-state index in [2.05, 4.69) is 6.92 Å². The zero-order valence-corrected chi connectivity index (χ0v) is 7.68. The van der Waals surface area contributed by atoms with Gasteiger partial charge in [0.15, 0.2) is 0 Å². The molecule has 2 aliphatic carbocycles. The Balaban J connectivity index is 1.99. The largest absolute Gasteiger partial charge is 0.0622 e. The highest BCUT2D eigenvalue weighted by Gasteiger charge is 2.31. The summed E-state index contributed by atoms with van der Waals surface area (Å²) in [6.45, 7) is 2.47. The molecule has 2 rings (SSSR count). The average molecular weight is 152 g/mol. The van der Waals surface area contributed by atoms with Gasteiger partial charge < -0.3 is 0 Å². The number of fused-ring (bicyclic) bond motifs is 1. The van der Waals surface area contributed by atoms with Crippen LogP contribution < -0.4 is 0 Å². The molecule has 0 saturated heterocycles. The van der Waals surface area contributed by atoms with Crippen LogP contribution in [-0.2, 0) is 0 Å². The van der Waals surface area contributed by atoms with E-state index in [4.69, 9.17) is 0 Å². The predicted octanol–water partition coefficient (Wildman–Crippen LogP) is 3.61. The van der Waals surface area contributed by atoms with Crippen LogP contribution in [0.5, 0.6) is 0 Å². The molecule has 0 aliphatic heterocycles. The lowest BCUT2D eigenvalue weighted by atomic mass is 9.66. The molecule has 0 aromatic heterocycles. The molecule has 2 saturated carbocycles. The average Bonchev–Trinajstić information content (AvgIpc) is 2.06. The maximum atomic E-state index is 2.47. The molecular weight excluding hydrogens is 132 g/mol. The Kier molecular flexibility index (Phi) is 2.20. The second kappa shape index (κ2) is 3.16. The standard InChI is InChI=1S/C11H20/c1-9-5-4-7-10-6-2-3-8-11(9)10/h9-11H,2-8H2,1H3/t9-,10-,11?/m0/s1. The first kappa shape index (κ1) is 7.64. The van der Waals surface area contributed by atoms with Gasteiger partial charge >= 0.3 is 0 Å². The second-order valence-electron chi connectivity index (χ2n) is 4.62. The molecule has 2 fully saturated rings. The Labute approximate surface area is 70.4 Å². The minimum Gasteiger partial charge on any atom is -0.0622 e. The molecule has 1 unspecified atom stereocenters. The van der Waals surface area contributed by atoms with E-state index in [1.165, 1.54) is 25.7 Å². The molecule has 0 nitrogen and oxygen atoms in total. The number of rotatable bonds is 0. The summed E-state index contributed by atoms with van der Waals surface area (Å²) < 4.78 is 0. The Hall–Kier alpha value is 0. The highest BCUT2D eigenvalue weighted by atomic mass is 14.4. The fourth-order valence-corrected chi connectivity index (χ4v) is 3.26. The van der Waals surface area contributed by atoms with Crippen LogP contribution in [0.15, 0.2) is 0 Å². The zero-order chi connectivity index (χ0) is 7.68. The van der Waals surface area contributed by atoms with Crippen molar-refractivity contribution in [2.24, 2.45) is 17.8 Å². The van der Waals surface area contributed by atoms with Gasteiger partial charge in [-0.3, -0.25) is 0 Å². The van der Waals surface area contributed by atoms with Crippen molar-refractivity contribution in [1.29, 1.82) is 0 Å². The van der Waals surface area contributed by atoms with Gasteiger partial charge in [0.2, 0.25) is 0 Å². The minimum absolute atomic E-state index is 1.05. The van der Waals surface area contributed by atoms with Gasteiger partial charge in [0.1, 0.15) is 0 Å². The van der Waals surface area contributed by atoms with E-state index in [-0.39, 0.29) is 0 Å². The van der Waals surface area contributed by atoms with Crippen molar-refractivity contribution in [2.45, 2.75) is 51.9 Å². The van der Waals surface area contributed by atoms with Crippen molar-refractivity contribution in [3.8, 4) is 0 Å². The van der Waals surface area contributed by atoms with Gasteiger partial charge in [-0.25, -0.2) is 0 Å². The lowest BCUT2D eigenvalue weighted by Crippen LogP contribution is -2.29. The maximum absolute atomic E-state index is 2.47. The van der Waals surface area contributed by atoms with Crippen molar-refractivity contribution < 1.29 is 0 Å². The van der Waals surface area contributed by atoms with Crippen molar-refractivity contribution in [1.82, 2.24) is 0 Å². The smallest absolute Gasteiger partial charge is 0.0360 e. The first-order valence-electron chi connectivity index (χ1n) is 5.38. The second-order valence-corrected chi connectivity index (χ2v) is 4.62. The zero-order valence-electron chi connectivity index (χ0n) is 7.68. The van der Waals surface area contributed by atoms with E-state index >= 15 is 0 Å². The van der Waals surface area contributed by atoms with Crippen LogP contribution in [0.1, 0.15) is 51.9 Å². The topological polar surface area (TPSA) is 0 Å². The van der Waals surface area contributed by atoms with Gasteiger partial charge in [-0.15, -0.1) is 0 Å². The molecule has 3 atom stereocenters. The summed E-state index contributed by atoms with van der Waals surface area (Å²) in [5.41, 5.74) is 0. The van der Waals surface area contributed by atoms with Crippen molar-refractivity contribution in [3.05, 3.63) is 0 Å². The minimum atomic E-state index is 1.05. The Morgan fingerprint density at radius 3 is 2.36 bits per heavy atom. The molecule has 0 N–H and O–H groups in total. The highest BCUT2D eigenvalue weighted by Crippen LogP contribution is 2.43. The first-order valence-corrected chi connectivity index (χ1v) is 5.38. The van der Waals surface area contributed by atoms with Gasteiger partial charge in [0.25, 0.3) is 0 Å². The van der Waals surface area contributed by atoms with Gasteiger partial charge in [-0.1, -0.05) is 45.4 Å². The van der Waals surface area contributed by atoms with Crippen LogP contribution in [0.25, 0.3) is 0 Å². The van der Waals surface area contributed by atoms with Gasteiger partial charge in [-0.05, 0) is 24.2 Å². The quantitative estimate of drug-likeness (QED) is 0.497. The first-order chi connectivity index (χ1) is 5.38. The third-order valence-corrected chi connectivity index (χ3v) is 3.93. The lowest BCUT2D eigenvalue weighted by Gasteiger charge is -2.39. The molecule has 0 radical (unpaired) electrons. The fourth-order valence-electron chi connectivity index (χ4n) is 3.26. The van der Waals surface area contributed by atoms with Gasteiger partial charge in [0.05, 0.1) is 0 Å². The summed E-state index contributed by atoms with van der Waals surface area (Å²) in [7, 11) is 0. The van der Waals surface area contributed by atoms with Crippen LogP contribution in [0.3, 0.4) is 0 Å². The van der Waals surface area contributed by atoms with Crippen LogP contribution in [0, 0.1) is 17.8 Å². The van der Waals surface area contributed by atoms with Gasteiger partial charge in [-0.2, -0.15) is 0 Å². The molecule has 0 aromatic rings. The number of hydrogen-bond acceptors (Lipinski definition) is 0. The van der Waals surface area contributed by atoms with Crippen LogP contribution in [-0.4, -0.2) is 0 Å². The van der Waals surface area contributed by atoms with Crippen molar-refractivity contribution >= 4 is 0 Å². The third kappa shape index (κ3) is 1.45. The van der Waals surface area contributed by atoms with Gasteiger partial charge in [0, 0.05) is 0 Å². The van der Waals surface area contributed by atoms with Crippen molar-refractivity contribution in [2.75, 3.05) is 0 Å². The highest BCUT2D eigenvalue weighted by molar-refractivity contribution is 4.82. The van der Waals surface area contributed by atoms with Crippen LogP contribution >= 0.6 is 0 Å². The summed E-state index contributed by atoms with van der Waals surface area (Å²) in [5, 5.41) is 0. The maximum Gasteiger partial charge on any atom is -0.0360 e. The predicted molar refractivity (Wildman–Crippen MR) is 48.5 cm³/mol. The Morgan fingerprint density at radius 2 is 1.55 bits per heavy atom. The molecule has 0 amide bonds. The SMILES string of the molecule is C[C@H]1CCC[C@@H]2CCCCC21. The summed E-state index contributed by atoms with van der Waals surface area (Å²) >= 11 is 0. The molecule has 64 valence electrons. The summed E-state index contributed by atoms with van der Waals surface area (Å²) in [4.78, 5) is 0. The molecule has 0 heterocycles. The van der Waals surface area contributed by atoms with E-state index in [0.29, 0.717) is 0 Å². The van der Waals surface area contributed by atoms with E-state index in [1.54, 1.807) is 19.3 Å².